The summed E-state index contributed by atoms with van der Waals surface area (Å²) in [6.07, 6.45) is -0.468. The van der Waals surface area contributed by atoms with Crippen LogP contribution in [0.15, 0.2) is 18.2 Å². The molecule has 1 saturated heterocycles. The van der Waals surface area contributed by atoms with Crippen LogP contribution >= 0.6 is 0 Å². The van der Waals surface area contributed by atoms with E-state index in [1.165, 1.54) is 0 Å². The van der Waals surface area contributed by atoms with Crippen LogP contribution in [-0.4, -0.2) is 44.7 Å². The van der Waals surface area contributed by atoms with E-state index >= 15 is 0 Å². The van der Waals surface area contributed by atoms with Gasteiger partial charge in [0.2, 0.25) is 5.91 Å². The third kappa shape index (κ3) is 5.14. The van der Waals surface area contributed by atoms with Crippen LogP contribution < -0.4 is 15.4 Å². The first-order chi connectivity index (χ1) is 10.9. The van der Waals surface area contributed by atoms with Crippen molar-refractivity contribution in [1.82, 2.24) is 10.6 Å². The molecule has 0 spiro atoms. The Hall–Kier alpha value is -1.73. The molecule has 0 aromatic heterocycles. The summed E-state index contributed by atoms with van der Waals surface area (Å²) in [7, 11) is 1.59. The van der Waals surface area contributed by atoms with E-state index in [9.17, 15) is 13.6 Å². The molecule has 1 aromatic carbocycles. The van der Waals surface area contributed by atoms with Gasteiger partial charge < -0.3 is 14.8 Å². The van der Waals surface area contributed by atoms with E-state index in [4.69, 9.17) is 9.47 Å². The smallest absolute Gasteiger partial charge is 0.262 e. The van der Waals surface area contributed by atoms with Gasteiger partial charge in [0, 0.05) is 25.6 Å². The topological polar surface area (TPSA) is 59.6 Å². The molecule has 1 atom stereocenters. The van der Waals surface area contributed by atoms with Crippen LogP contribution in [0.5, 0.6) is 5.75 Å². The van der Waals surface area contributed by atoms with E-state index in [-0.39, 0.29) is 6.54 Å². The van der Waals surface area contributed by atoms with Gasteiger partial charge in [0.25, 0.3) is 5.92 Å². The zero-order valence-corrected chi connectivity index (χ0v) is 13.3. The van der Waals surface area contributed by atoms with Crippen molar-refractivity contribution in [1.29, 1.82) is 0 Å². The molecule has 1 unspecified atom stereocenters. The summed E-state index contributed by atoms with van der Waals surface area (Å²) in [4.78, 5) is 12.0. The molecule has 1 aromatic rings. The minimum Gasteiger partial charge on any atom is -0.491 e. The van der Waals surface area contributed by atoms with Crippen molar-refractivity contribution in [2.45, 2.75) is 31.9 Å². The number of benzene rings is 1. The average Bonchev–Trinajstić information content (AvgIpc) is 2.86. The summed E-state index contributed by atoms with van der Waals surface area (Å²) in [5.74, 6) is -2.59. The first-order valence-corrected chi connectivity index (χ1v) is 7.51. The van der Waals surface area contributed by atoms with E-state index in [1.807, 2.05) is 25.1 Å². The number of methoxy groups -OCH3 is 1. The number of halogens is 2. The number of amides is 1. The molecule has 0 aliphatic carbocycles. The number of hydrogen-bond donors (Lipinski definition) is 2. The van der Waals surface area contributed by atoms with Crippen molar-refractivity contribution in [3.63, 3.8) is 0 Å². The van der Waals surface area contributed by atoms with Gasteiger partial charge in [-0.25, -0.2) is 8.78 Å². The predicted molar refractivity (Wildman–Crippen MR) is 81.8 cm³/mol. The Kier molecular flexibility index (Phi) is 5.90. The number of ether oxygens (including phenoxy) is 2. The monoisotopic (exact) mass is 328 g/mol. The molecule has 2 N–H and O–H groups in total. The molecule has 1 aliphatic heterocycles. The highest BCUT2D eigenvalue weighted by atomic mass is 19.3. The molecule has 1 aliphatic rings. The fraction of sp³-hybridized carbons (Fsp3) is 0.562. The normalized spacial score (nSPS) is 19.6. The maximum atomic E-state index is 13.1. The molecule has 0 radical (unpaired) electrons. The van der Waals surface area contributed by atoms with Crippen molar-refractivity contribution < 1.29 is 23.0 Å². The highest BCUT2D eigenvalue weighted by Crippen LogP contribution is 2.25. The van der Waals surface area contributed by atoms with Gasteiger partial charge in [-0.3, -0.25) is 10.1 Å². The number of alkyl halides is 2. The molecule has 1 fully saturated rings. The van der Waals surface area contributed by atoms with Crippen LogP contribution in [0.3, 0.4) is 0 Å². The first-order valence-electron chi connectivity index (χ1n) is 7.51. The highest BCUT2D eigenvalue weighted by Gasteiger charge is 2.42. The molecule has 1 amide bonds. The molecule has 128 valence electrons. The minimum atomic E-state index is -2.82. The fourth-order valence-corrected chi connectivity index (χ4v) is 2.38. The van der Waals surface area contributed by atoms with Crippen molar-refractivity contribution in [3.05, 3.63) is 29.3 Å². The zero-order valence-electron chi connectivity index (χ0n) is 13.3. The second kappa shape index (κ2) is 7.70. The predicted octanol–water partition coefficient (Wildman–Crippen LogP) is 1.63. The Bertz CT molecular complexity index is 552. The van der Waals surface area contributed by atoms with Crippen LogP contribution in [0.25, 0.3) is 0 Å². The lowest BCUT2D eigenvalue weighted by Crippen LogP contribution is -2.40. The van der Waals surface area contributed by atoms with Crippen molar-refractivity contribution in [2.75, 3.05) is 26.9 Å². The molecule has 1 heterocycles. The van der Waals surface area contributed by atoms with E-state index in [0.29, 0.717) is 19.0 Å². The average molecular weight is 328 g/mol. The maximum absolute atomic E-state index is 13.1. The number of rotatable bonds is 7. The number of carbonyl (C=O) groups is 1. The summed E-state index contributed by atoms with van der Waals surface area (Å²) in [5, 5.41) is 5.22. The lowest BCUT2D eigenvalue weighted by atomic mass is 10.1. The van der Waals surface area contributed by atoms with Crippen molar-refractivity contribution >= 4 is 5.91 Å². The van der Waals surface area contributed by atoms with Crippen LogP contribution in [0.1, 0.15) is 17.5 Å². The van der Waals surface area contributed by atoms with E-state index in [1.54, 1.807) is 7.11 Å². The molecular weight excluding hydrogens is 306 g/mol. The number of aryl methyl sites for hydroxylation is 1. The summed E-state index contributed by atoms with van der Waals surface area (Å²) in [6.45, 7) is 2.57. The van der Waals surface area contributed by atoms with Gasteiger partial charge in [0.05, 0.1) is 19.2 Å². The van der Waals surface area contributed by atoms with E-state index in [2.05, 4.69) is 10.6 Å². The Labute approximate surface area is 134 Å². The lowest BCUT2D eigenvalue weighted by molar-refractivity contribution is -0.123. The fourth-order valence-electron chi connectivity index (χ4n) is 2.38. The minimum absolute atomic E-state index is 0.227. The van der Waals surface area contributed by atoms with E-state index in [0.717, 1.165) is 11.1 Å². The third-order valence-corrected chi connectivity index (χ3v) is 3.65. The summed E-state index contributed by atoms with van der Waals surface area (Å²) >= 11 is 0. The maximum Gasteiger partial charge on any atom is 0.262 e. The third-order valence-electron chi connectivity index (χ3n) is 3.65. The van der Waals surface area contributed by atoms with Gasteiger partial charge in [-0.1, -0.05) is 12.1 Å². The van der Waals surface area contributed by atoms with Crippen LogP contribution in [0, 0.1) is 6.92 Å². The van der Waals surface area contributed by atoms with Gasteiger partial charge in [-0.2, -0.15) is 0 Å². The highest BCUT2D eigenvalue weighted by molar-refractivity contribution is 5.82. The zero-order chi connectivity index (χ0) is 16.9. The van der Waals surface area contributed by atoms with Gasteiger partial charge in [0.15, 0.2) is 0 Å². The molecule has 5 nitrogen and oxygen atoms in total. The Morgan fingerprint density at radius 1 is 1.43 bits per heavy atom. The molecule has 0 saturated carbocycles. The van der Waals surface area contributed by atoms with Crippen LogP contribution in [0.4, 0.5) is 8.78 Å². The number of nitrogens with one attached hydrogen (secondary N) is 2. The van der Waals surface area contributed by atoms with Crippen molar-refractivity contribution in [3.8, 4) is 5.75 Å². The summed E-state index contributed by atoms with van der Waals surface area (Å²) in [6, 6.07) is 4.79. The van der Waals surface area contributed by atoms with Gasteiger partial charge in [0.1, 0.15) is 12.4 Å². The van der Waals surface area contributed by atoms with Gasteiger partial charge in [-0.05, 0) is 18.6 Å². The number of hydrogen-bond acceptors (Lipinski definition) is 4. The SMILES string of the molecule is COCCOc1cc(C)ccc1CNC(=O)C1CC(F)(F)CN1. The van der Waals surface area contributed by atoms with Gasteiger partial charge >= 0.3 is 0 Å². The molecule has 7 heteroatoms. The standard InChI is InChI=1S/C16H22F2N2O3/c1-11-3-4-12(14(7-11)23-6-5-22-2)9-19-15(21)13-8-16(17,18)10-20-13/h3-4,7,13,20H,5-6,8-10H2,1-2H3,(H,19,21). The van der Waals surface area contributed by atoms with E-state index < -0.39 is 30.8 Å². The second-order valence-corrected chi connectivity index (χ2v) is 5.66. The van der Waals surface area contributed by atoms with Crippen molar-refractivity contribution in [2.24, 2.45) is 0 Å². The van der Waals surface area contributed by atoms with Crippen LogP contribution in [0.2, 0.25) is 0 Å². The van der Waals surface area contributed by atoms with Gasteiger partial charge in [-0.15, -0.1) is 0 Å². The summed E-state index contributed by atoms with van der Waals surface area (Å²) in [5.41, 5.74) is 1.83. The Morgan fingerprint density at radius 2 is 2.22 bits per heavy atom. The largest absolute Gasteiger partial charge is 0.491 e. The number of carbonyl (C=O) groups excluding carboxylic acids is 1. The quantitative estimate of drug-likeness (QED) is 0.747. The summed E-state index contributed by atoms with van der Waals surface area (Å²) < 4.78 is 36.8. The lowest BCUT2D eigenvalue weighted by Gasteiger charge is -2.15. The Morgan fingerprint density at radius 3 is 2.87 bits per heavy atom. The molecular formula is C16H22F2N2O3. The first kappa shape index (κ1) is 17.6. The molecule has 2 rings (SSSR count). The molecule has 0 bridgehead atoms. The molecule has 23 heavy (non-hydrogen) atoms. The van der Waals surface area contributed by atoms with Crippen LogP contribution in [-0.2, 0) is 16.1 Å². The second-order valence-electron chi connectivity index (χ2n) is 5.66. The Balaban J connectivity index is 1.93.